The number of carbonyl (C=O) groups is 1. The smallest absolute Gasteiger partial charge is 0.407 e. The highest BCUT2D eigenvalue weighted by Crippen LogP contribution is 2.63. The second-order valence-electron chi connectivity index (χ2n) is 12.7. The predicted octanol–water partition coefficient (Wildman–Crippen LogP) is 5.81. The number of rotatable bonds is 5. The van der Waals surface area contributed by atoms with Gasteiger partial charge >= 0.3 is 6.09 Å². The number of fused-ring (bicyclic) bond motifs is 1. The molecule has 3 aliphatic rings. The van der Waals surface area contributed by atoms with E-state index in [9.17, 15) is 15.0 Å². The number of aliphatic hydroxyl groups excluding tert-OH is 2. The highest BCUT2D eigenvalue weighted by molar-refractivity contribution is 5.73. The van der Waals surface area contributed by atoms with Crippen LogP contribution in [0.4, 0.5) is 4.79 Å². The van der Waals surface area contributed by atoms with Gasteiger partial charge in [-0.2, -0.15) is 0 Å². The Labute approximate surface area is 211 Å². The van der Waals surface area contributed by atoms with Crippen LogP contribution in [0.3, 0.4) is 0 Å². The fourth-order valence-corrected chi connectivity index (χ4v) is 7.71. The second-order valence-corrected chi connectivity index (χ2v) is 12.7. The summed E-state index contributed by atoms with van der Waals surface area (Å²) in [4.78, 5) is 12.7. The molecule has 5 heteroatoms. The standard InChI is InChI=1S/C30H45NO4/c1-28(2,3)35-27(34)31-18-23-25-12-11-24(20-9-7-6-8-10-20)30(25,5)16-14-26(23)29(4)15-13-22(33)17-21(29)19-32/h6-11,21-23,25-26,32-33H,12-19H2,1-5H3,(H,31,34). The van der Waals surface area contributed by atoms with Crippen molar-refractivity contribution in [2.75, 3.05) is 13.2 Å². The van der Waals surface area contributed by atoms with Crippen LogP contribution in [-0.2, 0) is 4.74 Å². The molecule has 2 saturated carbocycles. The summed E-state index contributed by atoms with van der Waals surface area (Å²) in [6.45, 7) is 11.1. The Balaban J connectivity index is 1.63. The average molecular weight is 484 g/mol. The first kappa shape index (κ1) is 26.2. The van der Waals surface area contributed by atoms with E-state index in [4.69, 9.17) is 4.74 Å². The lowest BCUT2D eigenvalue weighted by atomic mass is 9.48. The number of allylic oxidation sites excluding steroid dienone is 2. The second kappa shape index (κ2) is 9.89. The van der Waals surface area contributed by atoms with Crippen LogP contribution in [0.2, 0.25) is 0 Å². The lowest BCUT2D eigenvalue weighted by Crippen LogP contribution is -2.54. The summed E-state index contributed by atoms with van der Waals surface area (Å²) < 4.78 is 5.58. The summed E-state index contributed by atoms with van der Waals surface area (Å²) in [5, 5.41) is 23.8. The van der Waals surface area contributed by atoms with Gasteiger partial charge in [0.1, 0.15) is 5.60 Å². The Kier molecular flexibility index (Phi) is 7.41. The fraction of sp³-hybridized carbons (Fsp3) is 0.700. The molecule has 35 heavy (non-hydrogen) atoms. The van der Waals surface area contributed by atoms with Gasteiger partial charge in [-0.15, -0.1) is 0 Å². The maximum absolute atomic E-state index is 12.7. The lowest BCUT2D eigenvalue weighted by molar-refractivity contribution is -0.0920. The molecule has 0 spiro atoms. The van der Waals surface area contributed by atoms with Crippen molar-refractivity contribution >= 4 is 11.7 Å². The molecule has 0 aliphatic heterocycles. The number of hydrogen-bond acceptors (Lipinski definition) is 4. The molecule has 0 aromatic heterocycles. The minimum Gasteiger partial charge on any atom is -0.444 e. The molecule has 4 rings (SSSR count). The van der Waals surface area contributed by atoms with E-state index in [2.05, 4.69) is 55.6 Å². The van der Waals surface area contributed by atoms with Gasteiger partial charge in [0.25, 0.3) is 0 Å². The van der Waals surface area contributed by atoms with Crippen LogP contribution in [0.5, 0.6) is 0 Å². The number of hydrogen-bond donors (Lipinski definition) is 3. The van der Waals surface area contributed by atoms with E-state index in [-0.39, 0.29) is 41.5 Å². The zero-order valence-electron chi connectivity index (χ0n) is 22.2. The summed E-state index contributed by atoms with van der Waals surface area (Å²) in [7, 11) is 0. The van der Waals surface area contributed by atoms with E-state index in [0.29, 0.717) is 24.8 Å². The minimum absolute atomic E-state index is 0.0530. The van der Waals surface area contributed by atoms with Gasteiger partial charge in [-0.05, 0) is 105 Å². The van der Waals surface area contributed by atoms with Crippen molar-refractivity contribution in [3.63, 3.8) is 0 Å². The average Bonchev–Trinajstić information content (AvgIpc) is 3.15. The third kappa shape index (κ3) is 5.17. The molecule has 7 unspecified atom stereocenters. The van der Waals surface area contributed by atoms with Crippen molar-refractivity contribution in [1.82, 2.24) is 5.32 Å². The number of aliphatic hydroxyl groups is 2. The van der Waals surface area contributed by atoms with Gasteiger partial charge in [0.05, 0.1) is 6.10 Å². The molecule has 194 valence electrons. The molecule has 2 fully saturated rings. The molecule has 3 aliphatic carbocycles. The summed E-state index contributed by atoms with van der Waals surface area (Å²) in [5.41, 5.74) is 2.19. The molecule has 0 heterocycles. The molecule has 3 N–H and O–H groups in total. The van der Waals surface area contributed by atoms with Crippen LogP contribution in [0.15, 0.2) is 36.4 Å². The number of ether oxygens (including phenoxy) is 1. The Bertz CT molecular complexity index is 922. The van der Waals surface area contributed by atoms with E-state index >= 15 is 0 Å². The third-order valence-electron chi connectivity index (χ3n) is 9.56. The Hall–Kier alpha value is -1.85. The van der Waals surface area contributed by atoms with Gasteiger partial charge < -0.3 is 20.3 Å². The number of carbonyl (C=O) groups excluding carboxylic acids is 1. The van der Waals surface area contributed by atoms with Crippen molar-refractivity contribution in [1.29, 1.82) is 0 Å². The maximum Gasteiger partial charge on any atom is 0.407 e. The van der Waals surface area contributed by atoms with Gasteiger partial charge in [-0.3, -0.25) is 0 Å². The van der Waals surface area contributed by atoms with Crippen LogP contribution in [0.1, 0.15) is 78.7 Å². The molecular formula is C30H45NO4. The fourth-order valence-electron chi connectivity index (χ4n) is 7.71. The first-order valence-corrected chi connectivity index (χ1v) is 13.5. The van der Waals surface area contributed by atoms with Crippen LogP contribution in [0, 0.1) is 34.5 Å². The van der Waals surface area contributed by atoms with E-state index < -0.39 is 5.60 Å². The summed E-state index contributed by atoms with van der Waals surface area (Å²) in [5.74, 6) is 1.12. The topological polar surface area (TPSA) is 78.8 Å². The Morgan fingerprint density at radius 2 is 1.83 bits per heavy atom. The summed E-state index contributed by atoms with van der Waals surface area (Å²) in [6, 6.07) is 10.7. The van der Waals surface area contributed by atoms with Crippen LogP contribution >= 0.6 is 0 Å². The monoisotopic (exact) mass is 483 g/mol. The largest absolute Gasteiger partial charge is 0.444 e. The number of nitrogens with one attached hydrogen (secondary N) is 1. The molecule has 0 bridgehead atoms. The van der Waals surface area contributed by atoms with Crippen molar-refractivity contribution < 1.29 is 19.7 Å². The number of benzene rings is 1. The van der Waals surface area contributed by atoms with Gasteiger partial charge in [-0.1, -0.05) is 50.3 Å². The van der Waals surface area contributed by atoms with E-state index in [1.54, 1.807) is 0 Å². The Morgan fingerprint density at radius 1 is 1.11 bits per heavy atom. The molecule has 1 amide bonds. The van der Waals surface area contributed by atoms with Gasteiger partial charge in [0.2, 0.25) is 0 Å². The predicted molar refractivity (Wildman–Crippen MR) is 140 cm³/mol. The maximum atomic E-state index is 12.7. The third-order valence-corrected chi connectivity index (χ3v) is 9.56. The highest BCUT2D eigenvalue weighted by Gasteiger charge is 2.56. The van der Waals surface area contributed by atoms with Gasteiger partial charge in [-0.25, -0.2) is 4.79 Å². The normalized spacial score (nSPS) is 37.3. The lowest BCUT2D eigenvalue weighted by Gasteiger charge is -2.57. The van der Waals surface area contributed by atoms with E-state index in [0.717, 1.165) is 32.1 Å². The van der Waals surface area contributed by atoms with E-state index in [1.807, 2.05) is 20.8 Å². The zero-order chi connectivity index (χ0) is 25.4. The summed E-state index contributed by atoms with van der Waals surface area (Å²) >= 11 is 0. The zero-order valence-corrected chi connectivity index (χ0v) is 22.2. The van der Waals surface area contributed by atoms with Crippen molar-refractivity contribution in [3.8, 4) is 0 Å². The number of alkyl carbamates (subject to hydrolysis) is 1. The molecular weight excluding hydrogens is 438 g/mol. The molecule has 7 atom stereocenters. The molecule has 1 aromatic carbocycles. The molecule has 0 saturated heterocycles. The number of amides is 1. The van der Waals surface area contributed by atoms with Crippen molar-refractivity contribution in [2.45, 2.75) is 84.8 Å². The van der Waals surface area contributed by atoms with E-state index in [1.165, 1.54) is 11.1 Å². The molecule has 5 nitrogen and oxygen atoms in total. The van der Waals surface area contributed by atoms with Gasteiger partial charge in [0, 0.05) is 13.2 Å². The first-order valence-electron chi connectivity index (χ1n) is 13.5. The molecule has 0 radical (unpaired) electrons. The Morgan fingerprint density at radius 3 is 2.49 bits per heavy atom. The SMILES string of the molecule is CC(C)(C)OC(=O)NCC1C2CC=C(c3ccccc3)C2(C)CCC1C1(C)CCC(O)CC1CO. The van der Waals surface area contributed by atoms with Crippen molar-refractivity contribution in [2.24, 2.45) is 34.5 Å². The highest BCUT2D eigenvalue weighted by atomic mass is 16.6. The quantitative estimate of drug-likeness (QED) is 0.494. The first-order chi connectivity index (χ1) is 16.5. The minimum atomic E-state index is -0.534. The van der Waals surface area contributed by atoms with Crippen LogP contribution < -0.4 is 5.32 Å². The van der Waals surface area contributed by atoms with Crippen LogP contribution in [0.25, 0.3) is 5.57 Å². The van der Waals surface area contributed by atoms with Crippen molar-refractivity contribution in [3.05, 3.63) is 42.0 Å². The van der Waals surface area contributed by atoms with Crippen LogP contribution in [-0.4, -0.2) is 41.2 Å². The summed E-state index contributed by atoms with van der Waals surface area (Å²) in [6.07, 6.45) is 7.25. The van der Waals surface area contributed by atoms with Gasteiger partial charge in [0.15, 0.2) is 0 Å². The molecule has 1 aromatic rings.